The van der Waals surface area contributed by atoms with Crippen LogP contribution in [0.25, 0.3) is 23.0 Å². The van der Waals surface area contributed by atoms with Crippen molar-refractivity contribution in [2.75, 3.05) is 13.2 Å². The number of thioether (sulfide) groups is 1. The molecule has 1 aliphatic rings. The predicted octanol–water partition coefficient (Wildman–Crippen LogP) is 6.24. The molecule has 0 unspecified atom stereocenters. The highest BCUT2D eigenvalue weighted by Crippen LogP contribution is 2.37. The number of benzene rings is 2. The van der Waals surface area contributed by atoms with E-state index >= 15 is 0 Å². The van der Waals surface area contributed by atoms with Gasteiger partial charge >= 0.3 is 5.69 Å². The average molecular weight is 523 g/mol. The third kappa shape index (κ3) is 5.50. The summed E-state index contributed by atoms with van der Waals surface area (Å²) >= 11 is 6.74. The van der Waals surface area contributed by atoms with Crippen LogP contribution in [0.15, 0.2) is 59.6 Å². The first-order valence-corrected chi connectivity index (χ1v) is 13.0. The topological polar surface area (TPSA) is 90.5 Å². The van der Waals surface area contributed by atoms with Gasteiger partial charge in [0.05, 0.1) is 22.1 Å². The van der Waals surface area contributed by atoms with Crippen molar-refractivity contribution < 1.29 is 14.5 Å². The molecular weight excluding hydrogens is 496 g/mol. The van der Waals surface area contributed by atoms with Crippen LogP contribution in [0.5, 0.6) is 5.75 Å². The van der Waals surface area contributed by atoms with Crippen molar-refractivity contribution in [2.24, 2.45) is 0 Å². The van der Waals surface area contributed by atoms with E-state index in [2.05, 4.69) is 6.92 Å². The Labute approximate surface area is 219 Å². The summed E-state index contributed by atoms with van der Waals surface area (Å²) in [7, 11) is 0. The number of thiocarbonyl (C=S) groups is 1. The van der Waals surface area contributed by atoms with Gasteiger partial charge in [0.25, 0.3) is 5.91 Å². The highest BCUT2D eigenvalue weighted by Gasteiger charge is 2.32. The number of hydrogen-bond acceptors (Lipinski definition) is 7. The summed E-state index contributed by atoms with van der Waals surface area (Å²) in [5, 5.41) is 16.4. The molecule has 0 radical (unpaired) electrons. The Morgan fingerprint density at radius 3 is 2.64 bits per heavy atom. The van der Waals surface area contributed by atoms with Gasteiger partial charge in [-0.25, -0.2) is 4.68 Å². The van der Waals surface area contributed by atoms with E-state index in [1.807, 2.05) is 36.5 Å². The van der Waals surface area contributed by atoms with Gasteiger partial charge in [-0.3, -0.25) is 19.8 Å². The quantitative estimate of drug-likeness (QED) is 0.102. The summed E-state index contributed by atoms with van der Waals surface area (Å²) in [5.74, 6) is 0.0698. The van der Waals surface area contributed by atoms with Gasteiger partial charge in [-0.15, -0.1) is 0 Å². The van der Waals surface area contributed by atoms with Crippen LogP contribution >= 0.6 is 24.0 Å². The van der Waals surface area contributed by atoms with Crippen LogP contribution in [0.2, 0.25) is 0 Å². The van der Waals surface area contributed by atoms with E-state index in [0.717, 1.165) is 24.9 Å². The molecule has 1 saturated heterocycles. The van der Waals surface area contributed by atoms with Gasteiger partial charge in [0, 0.05) is 29.9 Å². The second-order valence-electron chi connectivity index (χ2n) is 8.13. The number of para-hydroxylation sites is 1. The minimum absolute atomic E-state index is 0.128. The average Bonchev–Trinajstić information content (AvgIpc) is 3.41. The van der Waals surface area contributed by atoms with Crippen molar-refractivity contribution in [2.45, 2.75) is 33.1 Å². The van der Waals surface area contributed by atoms with Gasteiger partial charge in [-0.05, 0) is 43.7 Å². The molecule has 1 amide bonds. The summed E-state index contributed by atoms with van der Waals surface area (Å²) < 4.78 is 7.67. The molecule has 36 heavy (non-hydrogen) atoms. The molecule has 0 atom stereocenters. The van der Waals surface area contributed by atoms with Crippen LogP contribution in [0, 0.1) is 10.1 Å². The molecule has 10 heteroatoms. The second kappa shape index (κ2) is 11.5. The second-order valence-corrected chi connectivity index (χ2v) is 9.80. The van der Waals surface area contributed by atoms with E-state index < -0.39 is 4.92 Å². The van der Waals surface area contributed by atoms with Crippen molar-refractivity contribution in [3.8, 4) is 22.7 Å². The molecule has 1 aromatic heterocycles. The lowest BCUT2D eigenvalue weighted by Crippen LogP contribution is -2.28. The van der Waals surface area contributed by atoms with Crippen molar-refractivity contribution in [3.05, 3.63) is 75.3 Å². The molecule has 0 N–H and O–H groups in total. The molecular formula is C26H26N4O4S2. The number of unbranched alkanes of at least 4 members (excludes halogenated alkanes) is 2. The number of amides is 1. The van der Waals surface area contributed by atoms with E-state index in [9.17, 15) is 14.9 Å². The van der Waals surface area contributed by atoms with E-state index in [1.54, 1.807) is 34.7 Å². The Bertz CT molecular complexity index is 1320. The molecule has 2 heterocycles. The van der Waals surface area contributed by atoms with Crippen LogP contribution in [-0.4, -0.2) is 43.0 Å². The zero-order valence-corrected chi connectivity index (χ0v) is 21.7. The number of carbonyl (C=O) groups excluding carboxylic acids is 1. The van der Waals surface area contributed by atoms with Crippen LogP contribution < -0.4 is 4.74 Å². The SMILES string of the molecule is CCCCCN1C(=O)/C(=C/c2cn(-c3ccccc3)nc2-c2ccc(OCC)c([N+](=O)[O-])c2)SC1=S. The molecule has 8 nitrogen and oxygen atoms in total. The molecule has 1 fully saturated rings. The fourth-order valence-corrected chi connectivity index (χ4v) is 5.17. The fraction of sp³-hybridized carbons (Fsp3) is 0.269. The molecule has 2 aromatic carbocycles. The number of carbonyl (C=O) groups is 1. The van der Waals surface area contributed by atoms with Gasteiger partial charge in [0.1, 0.15) is 10.0 Å². The largest absolute Gasteiger partial charge is 0.487 e. The zero-order chi connectivity index (χ0) is 25.7. The van der Waals surface area contributed by atoms with E-state index in [-0.39, 0.29) is 17.3 Å². The molecule has 0 aliphatic carbocycles. The first-order valence-electron chi connectivity index (χ1n) is 11.7. The lowest BCUT2D eigenvalue weighted by atomic mass is 10.1. The number of nitro benzene ring substituents is 1. The first-order chi connectivity index (χ1) is 17.4. The van der Waals surface area contributed by atoms with Crippen molar-refractivity contribution in [1.82, 2.24) is 14.7 Å². The molecule has 186 valence electrons. The fourth-order valence-electron chi connectivity index (χ4n) is 3.87. The lowest BCUT2D eigenvalue weighted by molar-refractivity contribution is -0.385. The van der Waals surface area contributed by atoms with Crippen molar-refractivity contribution in [1.29, 1.82) is 0 Å². The maximum atomic E-state index is 13.1. The number of aromatic nitrogens is 2. The number of nitrogens with zero attached hydrogens (tertiary/aromatic N) is 4. The smallest absolute Gasteiger partial charge is 0.311 e. The Hall–Kier alpha value is -3.50. The number of rotatable bonds is 10. The summed E-state index contributed by atoms with van der Waals surface area (Å²) in [6.45, 7) is 4.79. The zero-order valence-electron chi connectivity index (χ0n) is 20.0. The predicted molar refractivity (Wildman–Crippen MR) is 146 cm³/mol. The minimum atomic E-state index is -0.468. The number of ether oxygens (including phenoxy) is 1. The number of nitro groups is 1. The highest BCUT2D eigenvalue weighted by molar-refractivity contribution is 8.26. The Morgan fingerprint density at radius 2 is 1.94 bits per heavy atom. The van der Waals surface area contributed by atoms with E-state index in [0.29, 0.717) is 39.2 Å². The van der Waals surface area contributed by atoms with Crippen LogP contribution in [-0.2, 0) is 4.79 Å². The van der Waals surface area contributed by atoms with Gasteiger partial charge < -0.3 is 4.74 Å². The molecule has 0 spiro atoms. The third-order valence-corrected chi connectivity index (χ3v) is 7.02. The first kappa shape index (κ1) is 25.6. The Balaban J connectivity index is 1.78. The molecule has 1 aliphatic heterocycles. The normalized spacial score (nSPS) is 14.6. The van der Waals surface area contributed by atoms with E-state index in [1.165, 1.54) is 17.8 Å². The third-order valence-electron chi connectivity index (χ3n) is 5.64. The maximum Gasteiger partial charge on any atom is 0.311 e. The Kier molecular flexibility index (Phi) is 8.17. The molecule has 3 aromatic rings. The molecule has 0 saturated carbocycles. The summed E-state index contributed by atoms with van der Waals surface area (Å²) in [6.07, 6.45) is 6.56. The van der Waals surface area contributed by atoms with Gasteiger partial charge in [-0.1, -0.05) is 61.9 Å². The van der Waals surface area contributed by atoms with Gasteiger partial charge in [0.15, 0.2) is 5.75 Å². The van der Waals surface area contributed by atoms with Crippen molar-refractivity contribution in [3.63, 3.8) is 0 Å². The van der Waals surface area contributed by atoms with Crippen LogP contribution in [0.4, 0.5) is 5.69 Å². The van der Waals surface area contributed by atoms with Crippen LogP contribution in [0.3, 0.4) is 0 Å². The lowest BCUT2D eigenvalue weighted by Gasteiger charge is -2.13. The molecule has 0 bridgehead atoms. The van der Waals surface area contributed by atoms with E-state index in [4.69, 9.17) is 22.1 Å². The monoisotopic (exact) mass is 522 g/mol. The van der Waals surface area contributed by atoms with Crippen LogP contribution in [0.1, 0.15) is 38.7 Å². The molecule has 4 rings (SSSR count). The Morgan fingerprint density at radius 1 is 1.17 bits per heavy atom. The standard InChI is InChI=1S/C26H26N4O4S2/c1-3-5-9-14-28-25(31)23(36-26(28)35)16-19-17-29(20-10-7-6-8-11-20)27-24(19)18-12-13-22(34-4-2)21(15-18)30(32)33/h6-8,10-13,15-17H,3-5,9,14H2,1-2H3/b23-16-. The number of hydrogen-bond donors (Lipinski definition) is 0. The minimum Gasteiger partial charge on any atom is -0.487 e. The summed E-state index contributed by atoms with van der Waals surface area (Å²) in [6, 6.07) is 14.3. The summed E-state index contributed by atoms with van der Waals surface area (Å²) in [5.41, 5.74) is 2.40. The van der Waals surface area contributed by atoms with Gasteiger partial charge in [-0.2, -0.15) is 5.10 Å². The maximum absolute atomic E-state index is 13.1. The van der Waals surface area contributed by atoms with Crippen molar-refractivity contribution >= 4 is 46.0 Å². The van der Waals surface area contributed by atoms with Gasteiger partial charge in [0.2, 0.25) is 0 Å². The summed E-state index contributed by atoms with van der Waals surface area (Å²) in [4.78, 5) is 26.5. The highest BCUT2D eigenvalue weighted by atomic mass is 32.2.